The summed E-state index contributed by atoms with van der Waals surface area (Å²) in [7, 11) is -1.67. The van der Waals surface area contributed by atoms with Crippen LogP contribution < -0.4 is 10.6 Å². The van der Waals surface area contributed by atoms with Gasteiger partial charge in [0, 0.05) is 5.02 Å². The van der Waals surface area contributed by atoms with Gasteiger partial charge >= 0.3 is 7.12 Å². The van der Waals surface area contributed by atoms with Crippen molar-refractivity contribution in [2.45, 2.75) is 64.4 Å². The molecule has 1 saturated carbocycles. The molecule has 29 heavy (non-hydrogen) atoms. The number of nitrogens with one attached hydrogen (secondary N) is 2. The molecule has 1 aliphatic carbocycles. The highest BCUT2D eigenvalue weighted by atomic mass is 35.5. The maximum Gasteiger partial charge on any atom is 0.475 e. The van der Waals surface area contributed by atoms with Gasteiger partial charge in [-0.25, -0.2) is 0 Å². The lowest BCUT2D eigenvalue weighted by molar-refractivity contribution is -0.125. The molecular weight excluding hydrogens is 414 g/mol. The Balaban J connectivity index is 2.20. The minimum atomic E-state index is -1.67. The van der Waals surface area contributed by atoms with Gasteiger partial charge in [-0.05, 0) is 49.3 Å². The van der Waals surface area contributed by atoms with Gasteiger partial charge in [-0.3, -0.25) is 9.59 Å². The van der Waals surface area contributed by atoms with Crippen LogP contribution >= 0.6 is 23.2 Å². The summed E-state index contributed by atoms with van der Waals surface area (Å²) >= 11 is 12.1. The van der Waals surface area contributed by atoms with Crippen LogP contribution in [0.1, 0.15) is 62.7 Å². The first-order valence-corrected chi connectivity index (χ1v) is 10.9. The van der Waals surface area contributed by atoms with Crippen molar-refractivity contribution < 1.29 is 19.6 Å². The predicted molar refractivity (Wildman–Crippen MR) is 116 cm³/mol. The Labute approximate surface area is 182 Å². The van der Waals surface area contributed by atoms with Crippen molar-refractivity contribution in [2.75, 3.05) is 0 Å². The van der Waals surface area contributed by atoms with Crippen LogP contribution in [-0.2, 0) is 4.79 Å². The molecule has 0 heterocycles. The molecular formula is C20H29BCl2N2O4. The number of halogens is 2. The van der Waals surface area contributed by atoms with E-state index in [1.165, 1.54) is 12.1 Å². The summed E-state index contributed by atoms with van der Waals surface area (Å²) in [6.07, 6.45) is 5.12. The van der Waals surface area contributed by atoms with Crippen molar-refractivity contribution in [3.8, 4) is 0 Å². The molecule has 2 rings (SSSR count). The molecule has 1 aromatic rings. The summed E-state index contributed by atoms with van der Waals surface area (Å²) < 4.78 is 0. The number of hydrogen-bond acceptors (Lipinski definition) is 4. The smallest absolute Gasteiger partial charge is 0.426 e. The van der Waals surface area contributed by atoms with Crippen LogP contribution in [0, 0.1) is 11.8 Å². The van der Waals surface area contributed by atoms with Crippen LogP contribution in [0.2, 0.25) is 10.0 Å². The van der Waals surface area contributed by atoms with E-state index in [4.69, 9.17) is 23.2 Å². The quantitative estimate of drug-likeness (QED) is 0.464. The molecule has 2 amide bonds. The van der Waals surface area contributed by atoms with Crippen molar-refractivity contribution in [1.82, 2.24) is 10.6 Å². The van der Waals surface area contributed by atoms with Gasteiger partial charge in [-0.1, -0.05) is 56.3 Å². The van der Waals surface area contributed by atoms with Gasteiger partial charge in [0.05, 0.1) is 16.5 Å². The molecule has 9 heteroatoms. The lowest BCUT2D eigenvalue weighted by Gasteiger charge is -2.31. The van der Waals surface area contributed by atoms with Crippen molar-refractivity contribution in [3.05, 3.63) is 33.8 Å². The van der Waals surface area contributed by atoms with E-state index in [2.05, 4.69) is 10.6 Å². The summed E-state index contributed by atoms with van der Waals surface area (Å²) in [4.78, 5) is 25.9. The van der Waals surface area contributed by atoms with Gasteiger partial charge in [0.2, 0.25) is 5.91 Å². The highest BCUT2D eigenvalue weighted by Gasteiger charge is 2.35. The third-order valence-electron chi connectivity index (χ3n) is 5.28. The number of benzene rings is 1. The topological polar surface area (TPSA) is 98.7 Å². The Morgan fingerprint density at radius 2 is 1.79 bits per heavy atom. The molecule has 0 unspecified atom stereocenters. The summed E-state index contributed by atoms with van der Waals surface area (Å²) in [5.41, 5.74) is 0.202. The van der Waals surface area contributed by atoms with E-state index >= 15 is 0 Å². The van der Waals surface area contributed by atoms with Gasteiger partial charge in [0.15, 0.2) is 0 Å². The normalized spacial score (nSPS) is 16.9. The lowest BCUT2D eigenvalue weighted by Crippen LogP contribution is -2.56. The van der Waals surface area contributed by atoms with Crippen LogP contribution in [-0.4, -0.2) is 41.0 Å². The fourth-order valence-corrected chi connectivity index (χ4v) is 4.17. The molecule has 0 saturated heterocycles. The summed E-state index contributed by atoms with van der Waals surface area (Å²) in [5, 5.41) is 25.4. The van der Waals surface area contributed by atoms with Crippen LogP contribution in [0.25, 0.3) is 0 Å². The van der Waals surface area contributed by atoms with Crippen molar-refractivity contribution in [1.29, 1.82) is 0 Å². The number of carbonyl (C=O) groups is 2. The standard InChI is InChI=1S/C20H29BCl2N2O4/c1-12(2)10-17(21(28)29)24-20(27)18(13-6-4-3-5-7-13)25-19(26)15-11-14(22)8-9-16(15)23/h8-9,11-13,17-18,28-29H,3-7,10H2,1-2H3,(H,24,27)(H,25,26)/t17-,18-/m0/s1. The lowest BCUT2D eigenvalue weighted by atomic mass is 9.74. The van der Waals surface area contributed by atoms with E-state index in [-0.39, 0.29) is 22.4 Å². The van der Waals surface area contributed by atoms with Crippen LogP contribution in [0.5, 0.6) is 0 Å². The molecule has 1 aromatic carbocycles. The summed E-state index contributed by atoms with van der Waals surface area (Å²) in [6.45, 7) is 3.87. The van der Waals surface area contributed by atoms with Crippen molar-refractivity contribution in [2.24, 2.45) is 11.8 Å². The Hall–Kier alpha value is -1.28. The van der Waals surface area contributed by atoms with Crippen LogP contribution in [0.15, 0.2) is 18.2 Å². The second kappa shape index (κ2) is 11.2. The Morgan fingerprint density at radius 1 is 1.14 bits per heavy atom. The summed E-state index contributed by atoms with van der Waals surface area (Å²) in [6, 6.07) is 3.81. The first-order chi connectivity index (χ1) is 13.7. The highest BCUT2D eigenvalue weighted by Crippen LogP contribution is 2.28. The third kappa shape index (κ3) is 7.17. The maximum absolute atomic E-state index is 13.1. The fourth-order valence-electron chi connectivity index (χ4n) is 3.79. The van der Waals surface area contributed by atoms with Crippen LogP contribution in [0.4, 0.5) is 0 Å². The predicted octanol–water partition coefficient (Wildman–Crippen LogP) is 3.22. The second-order valence-corrected chi connectivity index (χ2v) is 8.98. The molecule has 0 spiro atoms. The number of amides is 2. The fraction of sp³-hybridized carbons (Fsp3) is 0.600. The zero-order chi connectivity index (χ0) is 21.6. The zero-order valence-corrected chi connectivity index (χ0v) is 18.3. The van der Waals surface area contributed by atoms with Crippen LogP contribution in [0.3, 0.4) is 0 Å². The van der Waals surface area contributed by atoms with E-state index in [1.54, 1.807) is 6.07 Å². The van der Waals surface area contributed by atoms with E-state index in [9.17, 15) is 19.6 Å². The molecule has 1 fully saturated rings. The maximum atomic E-state index is 13.1. The Bertz CT molecular complexity index is 712. The first kappa shape index (κ1) is 24.0. The zero-order valence-electron chi connectivity index (χ0n) is 16.8. The monoisotopic (exact) mass is 442 g/mol. The number of rotatable bonds is 8. The molecule has 0 aromatic heterocycles. The molecule has 1 aliphatic rings. The van der Waals surface area contributed by atoms with Gasteiger partial charge in [0.1, 0.15) is 6.04 Å². The molecule has 0 bridgehead atoms. The number of hydrogen-bond donors (Lipinski definition) is 4. The van der Waals surface area contributed by atoms with Crippen molar-refractivity contribution in [3.63, 3.8) is 0 Å². The minimum absolute atomic E-state index is 0.0267. The highest BCUT2D eigenvalue weighted by molar-refractivity contribution is 6.43. The molecule has 0 aliphatic heterocycles. The largest absolute Gasteiger partial charge is 0.475 e. The second-order valence-electron chi connectivity index (χ2n) is 8.13. The average molecular weight is 443 g/mol. The van der Waals surface area contributed by atoms with Gasteiger partial charge in [-0.2, -0.15) is 0 Å². The first-order valence-electron chi connectivity index (χ1n) is 10.1. The van der Waals surface area contributed by atoms with Crippen molar-refractivity contribution >= 4 is 42.1 Å². The average Bonchev–Trinajstić information content (AvgIpc) is 2.67. The Morgan fingerprint density at radius 3 is 2.38 bits per heavy atom. The van der Waals surface area contributed by atoms with E-state index in [0.717, 1.165) is 32.1 Å². The third-order valence-corrected chi connectivity index (χ3v) is 5.84. The van der Waals surface area contributed by atoms with E-state index in [1.807, 2.05) is 13.8 Å². The van der Waals surface area contributed by atoms with Gasteiger partial charge in [-0.15, -0.1) is 0 Å². The molecule has 6 nitrogen and oxygen atoms in total. The molecule has 2 atom stereocenters. The number of carbonyl (C=O) groups excluding carboxylic acids is 2. The molecule has 4 N–H and O–H groups in total. The van der Waals surface area contributed by atoms with Gasteiger partial charge in [0.25, 0.3) is 5.91 Å². The van der Waals surface area contributed by atoms with E-state index < -0.39 is 30.9 Å². The SMILES string of the molecule is CC(C)C[C@H](NC(=O)[C@@H](NC(=O)c1cc(Cl)ccc1Cl)C1CCCCC1)B(O)O. The minimum Gasteiger partial charge on any atom is -0.426 e. The Kier molecular flexibility index (Phi) is 9.27. The molecule has 160 valence electrons. The van der Waals surface area contributed by atoms with Gasteiger partial charge < -0.3 is 20.7 Å². The molecule has 0 radical (unpaired) electrons. The van der Waals surface area contributed by atoms with E-state index in [0.29, 0.717) is 11.4 Å². The summed E-state index contributed by atoms with van der Waals surface area (Å²) in [5.74, 6) is -1.56.